The molecule has 1 amide bonds. The van der Waals surface area contributed by atoms with Gasteiger partial charge in [-0.2, -0.15) is 4.98 Å². The van der Waals surface area contributed by atoms with E-state index in [9.17, 15) is 4.79 Å². The van der Waals surface area contributed by atoms with Gasteiger partial charge in [0.05, 0.1) is 25.3 Å². The Hall–Kier alpha value is -2.78. The standard InChI is InChI=1S/C19H20BrN5O3/c1-3-27-15-7-5-4-6-14(15)19-23-18(28-24-19)12-25(2)11-17(26)22-16-9-8-13(20)10-21-16/h4-10H,3,11-12H2,1-2H3,(H,21,22,26). The van der Waals surface area contributed by atoms with E-state index in [0.29, 0.717) is 36.4 Å². The van der Waals surface area contributed by atoms with Crippen molar-refractivity contribution in [1.82, 2.24) is 20.0 Å². The number of carbonyl (C=O) groups is 1. The Morgan fingerprint density at radius 3 is 2.86 bits per heavy atom. The van der Waals surface area contributed by atoms with Crippen molar-refractivity contribution in [3.05, 3.63) is 53.0 Å². The molecule has 1 N–H and O–H groups in total. The number of halogens is 1. The van der Waals surface area contributed by atoms with Crippen LogP contribution < -0.4 is 10.1 Å². The number of nitrogens with zero attached hydrogens (tertiary/aromatic N) is 4. The lowest BCUT2D eigenvalue weighted by atomic mass is 10.2. The number of hydrogen-bond donors (Lipinski definition) is 1. The third kappa shape index (κ3) is 5.37. The van der Waals surface area contributed by atoms with Crippen LogP contribution >= 0.6 is 15.9 Å². The predicted octanol–water partition coefficient (Wildman–Crippen LogP) is 3.36. The Morgan fingerprint density at radius 1 is 1.29 bits per heavy atom. The molecule has 0 aliphatic heterocycles. The fourth-order valence-electron chi connectivity index (χ4n) is 2.53. The summed E-state index contributed by atoms with van der Waals surface area (Å²) in [5, 5.41) is 6.77. The zero-order chi connectivity index (χ0) is 19.9. The summed E-state index contributed by atoms with van der Waals surface area (Å²) >= 11 is 3.31. The number of hydrogen-bond acceptors (Lipinski definition) is 7. The molecule has 0 atom stereocenters. The Morgan fingerprint density at radius 2 is 2.11 bits per heavy atom. The van der Waals surface area contributed by atoms with Gasteiger partial charge in [-0.1, -0.05) is 17.3 Å². The third-order valence-electron chi connectivity index (χ3n) is 3.71. The molecule has 0 aliphatic rings. The van der Waals surface area contributed by atoms with Crippen LogP contribution in [0.2, 0.25) is 0 Å². The Balaban J connectivity index is 1.58. The molecule has 0 unspecified atom stereocenters. The molecule has 2 heterocycles. The number of ether oxygens (including phenoxy) is 1. The number of carbonyl (C=O) groups excluding carboxylic acids is 1. The van der Waals surface area contributed by atoms with Gasteiger partial charge in [-0.25, -0.2) is 4.98 Å². The first-order chi connectivity index (χ1) is 13.5. The quantitative estimate of drug-likeness (QED) is 0.567. The molecule has 146 valence electrons. The minimum atomic E-state index is -0.182. The zero-order valence-corrected chi connectivity index (χ0v) is 17.1. The molecule has 0 saturated heterocycles. The topological polar surface area (TPSA) is 93.4 Å². The molecule has 0 radical (unpaired) electrons. The second-order valence-corrected chi connectivity index (χ2v) is 6.94. The van der Waals surface area contributed by atoms with Gasteiger partial charge in [-0.05, 0) is 54.2 Å². The van der Waals surface area contributed by atoms with Crippen LogP contribution in [0.1, 0.15) is 12.8 Å². The molecule has 8 nitrogen and oxygen atoms in total. The second-order valence-electron chi connectivity index (χ2n) is 6.02. The van der Waals surface area contributed by atoms with Crippen molar-refractivity contribution in [3.63, 3.8) is 0 Å². The van der Waals surface area contributed by atoms with E-state index < -0.39 is 0 Å². The Labute approximate surface area is 171 Å². The van der Waals surface area contributed by atoms with Gasteiger partial charge in [0.1, 0.15) is 11.6 Å². The number of pyridine rings is 1. The van der Waals surface area contributed by atoms with Gasteiger partial charge in [0, 0.05) is 10.7 Å². The van der Waals surface area contributed by atoms with Crippen molar-refractivity contribution in [2.45, 2.75) is 13.5 Å². The zero-order valence-electron chi connectivity index (χ0n) is 15.6. The molecule has 0 aliphatic carbocycles. The molecule has 0 saturated carbocycles. The van der Waals surface area contributed by atoms with Crippen molar-refractivity contribution >= 4 is 27.7 Å². The van der Waals surface area contributed by atoms with E-state index >= 15 is 0 Å². The van der Waals surface area contributed by atoms with Crippen LogP contribution in [0.15, 0.2) is 51.6 Å². The molecule has 0 bridgehead atoms. The summed E-state index contributed by atoms with van der Waals surface area (Å²) < 4.78 is 11.8. The van der Waals surface area contributed by atoms with Gasteiger partial charge < -0.3 is 14.6 Å². The molecule has 2 aromatic heterocycles. The maximum Gasteiger partial charge on any atom is 0.241 e. The average Bonchev–Trinajstić information content (AvgIpc) is 3.12. The van der Waals surface area contributed by atoms with E-state index in [-0.39, 0.29) is 12.5 Å². The second kappa shape index (κ2) is 9.43. The molecule has 9 heteroatoms. The number of rotatable bonds is 8. The fraction of sp³-hybridized carbons (Fsp3) is 0.263. The highest BCUT2D eigenvalue weighted by molar-refractivity contribution is 9.10. The highest BCUT2D eigenvalue weighted by Gasteiger charge is 2.15. The summed E-state index contributed by atoms with van der Waals surface area (Å²) in [5.74, 6) is 1.88. The summed E-state index contributed by atoms with van der Waals surface area (Å²) in [7, 11) is 1.80. The van der Waals surface area contributed by atoms with Crippen LogP contribution in [0, 0.1) is 0 Å². The first kappa shape index (κ1) is 20.0. The van der Waals surface area contributed by atoms with E-state index in [1.54, 1.807) is 24.2 Å². The summed E-state index contributed by atoms with van der Waals surface area (Å²) in [6.45, 7) is 2.96. The highest BCUT2D eigenvalue weighted by atomic mass is 79.9. The maximum atomic E-state index is 12.2. The van der Waals surface area contributed by atoms with Gasteiger partial charge >= 0.3 is 0 Å². The van der Waals surface area contributed by atoms with E-state index in [2.05, 4.69) is 36.4 Å². The maximum absolute atomic E-state index is 12.2. The lowest BCUT2D eigenvalue weighted by Gasteiger charge is -2.13. The predicted molar refractivity (Wildman–Crippen MR) is 108 cm³/mol. The first-order valence-electron chi connectivity index (χ1n) is 8.70. The summed E-state index contributed by atoms with van der Waals surface area (Å²) in [5.41, 5.74) is 0.765. The van der Waals surface area contributed by atoms with Crippen LogP contribution in [0.5, 0.6) is 5.75 Å². The van der Waals surface area contributed by atoms with Gasteiger partial charge in [-0.15, -0.1) is 0 Å². The van der Waals surface area contributed by atoms with Crippen molar-refractivity contribution in [2.24, 2.45) is 0 Å². The minimum absolute atomic E-state index is 0.158. The van der Waals surface area contributed by atoms with Gasteiger partial charge in [-0.3, -0.25) is 9.69 Å². The van der Waals surface area contributed by atoms with Crippen LogP contribution in [0.3, 0.4) is 0 Å². The molecule has 0 fully saturated rings. The number of aromatic nitrogens is 3. The van der Waals surface area contributed by atoms with Crippen LogP contribution in [-0.4, -0.2) is 46.1 Å². The molecule has 0 spiro atoms. The van der Waals surface area contributed by atoms with Crippen LogP contribution in [-0.2, 0) is 11.3 Å². The van der Waals surface area contributed by atoms with Crippen LogP contribution in [0.4, 0.5) is 5.82 Å². The molecule has 28 heavy (non-hydrogen) atoms. The van der Waals surface area contributed by atoms with Crippen molar-refractivity contribution < 1.29 is 14.1 Å². The van der Waals surface area contributed by atoms with Gasteiger partial charge in [0.2, 0.25) is 17.6 Å². The smallest absolute Gasteiger partial charge is 0.241 e. The normalized spacial score (nSPS) is 10.9. The number of para-hydroxylation sites is 1. The largest absolute Gasteiger partial charge is 0.493 e. The summed E-state index contributed by atoms with van der Waals surface area (Å²) in [6, 6.07) is 11.1. The van der Waals surface area contributed by atoms with Crippen LogP contribution in [0.25, 0.3) is 11.4 Å². The monoisotopic (exact) mass is 445 g/mol. The number of amides is 1. The number of likely N-dealkylation sites (N-methyl/N-ethyl adjacent to an activating group) is 1. The van der Waals surface area contributed by atoms with E-state index in [1.165, 1.54) is 0 Å². The molecule has 1 aromatic carbocycles. The highest BCUT2D eigenvalue weighted by Crippen LogP contribution is 2.27. The van der Waals surface area contributed by atoms with Gasteiger partial charge in [0.25, 0.3) is 0 Å². The summed E-state index contributed by atoms with van der Waals surface area (Å²) in [4.78, 5) is 22.5. The van der Waals surface area contributed by atoms with Crippen molar-refractivity contribution in [1.29, 1.82) is 0 Å². The molecule has 3 rings (SSSR count). The lowest BCUT2D eigenvalue weighted by Crippen LogP contribution is -2.30. The number of anilines is 1. The summed E-state index contributed by atoms with van der Waals surface area (Å²) in [6.07, 6.45) is 1.62. The van der Waals surface area contributed by atoms with Crippen molar-refractivity contribution in [2.75, 3.05) is 25.5 Å². The third-order valence-corrected chi connectivity index (χ3v) is 4.18. The SMILES string of the molecule is CCOc1ccccc1-c1noc(CN(C)CC(=O)Nc2ccc(Br)cn2)n1. The fourth-order valence-corrected chi connectivity index (χ4v) is 2.76. The molecular weight excluding hydrogens is 426 g/mol. The Bertz CT molecular complexity index is 929. The number of benzene rings is 1. The lowest BCUT2D eigenvalue weighted by molar-refractivity contribution is -0.117. The van der Waals surface area contributed by atoms with Crippen molar-refractivity contribution in [3.8, 4) is 17.1 Å². The minimum Gasteiger partial charge on any atom is -0.493 e. The average molecular weight is 446 g/mol. The first-order valence-corrected chi connectivity index (χ1v) is 9.49. The van der Waals surface area contributed by atoms with E-state index in [4.69, 9.17) is 9.26 Å². The van der Waals surface area contributed by atoms with E-state index in [0.717, 1.165) is 10.0 Å². The van der Waals surface area contributed by atoms with Gasteiger partial charge in [0.15, 0.2) is 0 Å². The van der Waals surface area contributed by atoms with E-state index in [1.807, 2.05) is 37.3 Å². The molecular formula is C19H20BrN5O3. The Kier molecular flexibility index (Phi) is 6.72. The molecule has 3 aromatic rings. The number of nitrogens with one attached hydrogen (secondary N) is 1.